The van der Waals surface area contributed by atoms with Crippen LogP contribution in [0.2, 0.25) is 11.1 Å². The highest BCUT2D eigenvalue weighted by Crippen LogP contribution is 2.81. The van der Waals surface area contributed by atoms with E-state index in [9.17, 15) is 0 Å². The van der Waals surface area contributed by atoms with Crippen LogP contribution in [0.25, 0.3) is 0 Å². The monoisotopic (exact) mass is 524 g/mol. The van der Waals surface area contributed by atoms with Crippen LogP contribution >= 0.6 is 72.3 Å². The van der Waals surface area contributed by atoms with Crippen LogP contribution in [0.5, 0.6) is 0 Å². The van der Waals surface area contributed by atoms with Gasteiger partial charge in [0.25, 0.3) is 4.29 Å². The van der Waals surface area contributed by atoms with Crippen molar-refractivity contribution in [3.8, 4) is 0 Å². The lowest BCUT2D eigenvalue weighted by molar-refractivity contribution is 0.611. The first-order valence-corrected chi connectivity index (χ1v) is 12.5. The Morgan fingerprint density at radius 1 is 1.17 bits per heavy atom. The molecule has 4 saturated carbocycles. The molecule has 4 fully saturated rings. The normalized spacial score (nSPS) is 45.7. The maximum Gasteiger partial charge on any atom is 0.263 e. The van der Waals surface area contributed by atoms with Gasteiger partial charge in [0.2, 0.25) is 4.29 Å². The summed E-state index contributed by atoms with van der Waals surface area (Å²) in [5, 5.41) is 0.476. The van der Waals surface area contributed by atoms with Crippen molar-refractivity contribution >= 4 is 80.8 Å². The van der Waals surface area contributed by atoms with Gasteiger partial charge < -0.3 is 0 Å². The van der Waals surface area contributed by atoms with E-state index in [0.29, 0.717) is 13.1 Å². The maximum absolute atomic E-state index is 6.15. The van der Waals surface area contributed by atoms with Gasteiger partial charge in [-0.25, -0.2) is 0 Å². The number of halogens is 3. The van der Waals surface area contributed by atoms with Gasteiger partial charge >= 0.3 is 0 Å². The second kappa shape index (κ2) is 5.43. The molecule has 4 aliphatic carbocycles. The fraction of sp³-hybridized carbons (Fsp3) is 1.00. The summed E-state index contributed by atoms with van der Waals surface area (Å²) in [4.78, 5) is 0. The third kappa shape index (κ3) is 2.48. The molecule has 0 saturated heterocycles. The predicted molar refractivity (Wildman–Crippen MR) is 108 cm³/mol. The zero-order valence-electron chi connectivity index (χ0n) is 11.0. The van der Waals surface area contributed by atoms with Crippen LogP contribution in [0.3, 0.4) is 0 Å². The summed E-state index contributed by atoms with van der Waals surface area (Å²) in [6.45, 7) is 7.21. The summed E-state index contributed by atoms with van der Waals surface area (Å²) in [7, 11) is 1.80. The molecule has 4 aliphatic rings. The highest BCUT2D eigenvalue weighted by atomic mass is 127. The third-order valence-corrected chi connectivity index (χ3v) is 14.7. The maximum atomic E-state index is 6.15. The van der Waals surface area contributed by atoms with E-state index < -0.39 is 0 Å². The molecule has 100 valence electrons. The van der Waals surface area contributed by atoms with Gasteiger partial charge in [0.05, 0.1) is 0 Å². The summed E-state index contributed by atoms with van der Waals surface area (Å²) < 4.78 is 1.61. The first-order valence-electron chi connectivity index (χ1n) is 6.76. The van der Waals surface area contributed by atoms with Gasteiger partial charge in [-0.2, -0.15) is 0 Å². The van der Waals surface area contributed by atoms with Crippen molar-refractivity contribution < 1.29 is 0 Å². The summed E-state index contributed by atoms with van der Waals surface area (Å²) >= 11 is 11.5. The molecule has 18 heavy (non-hydrogen) atoms. The molecule has 8 unspecified atom stereocenters. The Morgan fingerprint density at radius 3 is 2.33 bits per heavy atom. The van der Waals surface area contributed by atoms with Crippen molar-refractivity contribution in [2.45, 2.75) is 44.0 Å². The molecule has 0 heterocycles. The topological polar surface area (TPSA) is 0 Å². The van der Waals surface area contributed by atoms with E-state index in [2.05, 4.69) is 65.5 Å². The summed E-state index contributed by atoms with van der Waals surface area (Å²) in [6, 6.07) is 0. The molecule has 0 aromatic heterocycles. The Morgan fingerprint density at radius 2 is 1.83 bits per heavy atom. The van der Waals surface area contributed by atoms with Crippen molar-refractivity contribution in [2.75, 3.05) is 0 Å². The zero-order chi connectivity index (χ0) is 13.2. The molecular formula is C11H19B2ClI2P2. The Labute approximate surface area is 147 Å². The van der Waals surface area contributed by atoms with E-state index in [-0.39, 0.29) is 0 Å². The van der Waals surface area contributed by atoms with E-state index in [1.807, 2.05) is 0 Å². The SMILES string of the molecule is CC(C)(C)B(I)PC1C2CC3C1C3C2B(I)PCl. The molecule has 0 radical (unpaired) electrons. The Balaban J connectivity index is 1.68. The van der Waals surface area contributed by atoms with Crippen LogP contribution in [-0.4, -0.2) is 14.2 Å². The minimum absolute atomic E-state index is 0.476. The van der Waals surface area contributed by atoms with Gasteiger partial charge in [-0.1, -0.05) is 20.8 Å². The fourth-order valence-corrected chi connectivity index (χ4v) is 9.80. The largest absolute Gasteiger partial charge is 0.263 e. The molecule has 4 rings (SSSR count). The smallest absolute Gasteiger partial charge is 0.142 e. The minimum Gasteiger partial charge on any atom is -0.142 e. The first-order chi connectivity index (χ1) is 8.36. The first kappa shape index (κ1) is 15.6. The van der Waals surface area contributed by atoms with E-state index in [4.69, 9.17) is 11.2 Å². The van der Waals surface area contributed by atoms with Crippen LogP contribution < -0.4 is 0 Å². The lowest BCUT2D eigenvalue weighted by Crippen LogP contribution is -2.21. The van der Waals surface area contributed by atoms with E-state index in [1.54, 1.807) is 6.42 Å². The highest BCUT2D eigenvalue weighted by Gasteiger charge is 2.74. The molecule has 8 atom stereocenters. The summed E-state index contributed by atoms with van der Waals surface area (Å²) in [5.41, 5.74) is 1.07. The second-order valence-electron chi connectivity index (χ2n) is 7.23. The van der Waals surface area contributed by atoms with Gasteiger partial charge in [0, 0.05) is 0 Å². The van der Waals surface area contributed by atoms with Crippen molar-refractivity contribution in [3.63, 3.8) is 0 Å². The molecule has 4 bridgehead atoms. The Kier molecular flexibility index (Phi) is 4.71. The Bertz CT molecular complexity index is 354. The lowest BCUT2D eigenvalue weighted by Gasteiger charge is -2.28. The predicted octanol–water partition coefficient (Wildman–Crippen LogP) is 5.78. The van der Waals surface area contributed by atoms with Gasteiger partial charge in [0.1, 0.15) is 0 Å². The third-order valence-electron chi connectivity index (χ3n) is 5.19. The molecule has 0 aromatic rings. The van der Waals surface area contributed by atoms with Crippen LogP contribution in [0.4, 0.5) is 0 Å². The summed E-state index contributed by atoms with van der Waals surface area (Å²) in [6.07, 6.45) is 1.55. The van der Waals surface area contributed by atoms with Crippen molar-refractivity contribution in [2.24, 2.45) is 23.7 Å². The number of hydrogen-bond acceptors (Lipinski definition) is 0. The van der Waals surface area contributed by atoms with Crippen molar-refractivity contribution in [1.82, 2.24) is 0 Å². The molecule has 0 amide bonds. The van der Waals surface area contributed by atoms with Gasteiger partial charge in [-0.15, -0.1) is 64.4 Å². The zero-order valence-corrected chi connectivity index (χ0v) is 18.0. The second-order valence-corrected chi connectivity index (χ2v) is 15.2. The van der Waals surface area contributed by atoms with Crippen LogP contribution in [0, 0.1) is 23.7 Å². The van der Waals surface area contributed by atoms with Gasteiger partial charge in [-0.05, 0) is 54.7 Å². The van der Waals surface area contributed by atoms with E-state index in [1.165, 1.54) is 8.46 Å². The molecule has 0 aliphatic heterocycles. The fourth-order valence-electron chi connectivity index (χ4n) is 4.36. The minimum atomic E-state index is 0.476. The molecule has 0 nitrogen and oxygen atoms in total. The standard InChI is InChI=1S/C11H19B2ClI2P2/c1-11(2,3)13(16)17-10-6-4-5-7(8(5)10)9(6)12(15)18-14/h5-10,17-18H,4H2,1-3H3. The Hall–Kier alpha value is 2.74. The lowest BCUT2D eigenvalue weighted by atomic mass is 9.73. The molecule has 7 heteroatoms. The highest BCUT2D eigenvalue weighted by molar-refractivity contribution is 14.1. The van der Waals surface area contributed by atoms with E-state index >= 15 is 0 Å². The molecular weight excluding hydrogens is 505 g/mol. The van der Waals surface area contributed by atoms with Crippen LogP contribution in [0.15, 0.2) is 0 Å². The number of rotatable bonds is 4. The van der Waals surface area contributed by atoms with Gasteiger partial charge in [0.15, 0.2) is 0 Å². The van der Waals surface area contributed by atoms with Crippen LogP contribution in [0.1, 0.15) is 27.2 Å². The average Bonchev–Trinajstić information content (AvgIpc) is 2.62. The van der Waals surface area contributed by atoms with Crippen LogP contribution in [-0.2, 0) is 0 Å². The van der Waals surface area contributed by atoms with Crippen molar-refractivity contribution in [1.29, 1.82) is 0 Å². The quantitative estimate of drug-likeness (QED) is 0.249. The van der Waals surface area contributed by atoms with Crippen molar-refractivity contribution in [3.05, 3.63) is 0 Å². The van der Waals surface area contributed by atoms with E-state index in [0.717, 1.165) is 43.7 Å². The molecule has 0 aromatic carbocycles. The molecule has 0 N–H and O–H groups in total. The summed E-state index contributed by atoms with van der Waals surface area (Å²) in [5.74, 6) is 5.34. The number of hydrogen-bond donors (Lipinski definition) is 0. The molecule has 0 spiro atoms. The average molecular weight is 524 g/mol. The van der Waals surface area contributed by atoms with Gasteiger partial charge in [-0.3, -0.25) is 0 Å².